The molecule has 0 bridgehead atoms. The van der Waals surface area contributed by atoms with Gasteiger partial charge >= 0.3 is 0 Å². The van der Waals surface area contributed by atoms with Gasteiger partial charge in [0.1, 0.15) is 5.54 Å². The Kier molecular flexibility index (Phi) is 5.03. The Morgan fingerprint density at radius 3 is 2.36 bits per heavy atom. The third-order valence-corrected chi connectivity index (χ3v) is 5.93. The number of hydrogen-bond acceptors (Lipinski definition) is 2. The number of amides is 2. The molecule has 2 saturated heterocycles. The highest BCUT2D eigenvalue weighted by Crippen LogP contribution is 2.40. The molecule has 0 radical (unpaired) electrons. The molecule has 0 saturated carbocycles. The van der Waals surface area contributed by atoms with E-state index >= 15 is 0 Å². The van der Waals surface area contributed by atoms with E-state index in [0.717, 1.165) is 36.9 Å². The average Bonchev–Trinajstić information content (AvgIpc) is 3.14. The zero-order valence-electron chi connectivity index (χ0n) is 16.3. The number of carbonyl (C=O) groups excluding carboxylic acids is 2. The fraction of sp³-hybridized carbons (Fsp3) is 0.333. The lowest BCUT2D eigenvalue weighted by Crippen LogP contribution is -2.61. The molecule has 1 atom stereocenters. The Balaban J connectivity index is 1.58. The topological polar surface area (TPSA) is 40.6 Å². The molecule has 2 aliphatic rings. The SMILES string of the molecule is Cc1ccc(N2CCCC3(CCCN3C(=O)C=Cc3ccccc3)C2=O)cc1. The summed E-state index contributed by atoms with van der Waals surface area (Å²) >= 11 is 0. The van der Waals surface area contributed by atoms with Crippen LogP contribution in [0.5, 0.6) is 0 Å². The number of anilines is 1. The van der Waals surface area contributed by atoms with Gasteiger partial charge in [0.15, 0.2) is 0 Å². The van der Waals surface area contributed by atoms with Gasteiger partial charge in [-0.3, -0.25) is 9.59 Å². The predicted octanol–water partition coefficient (Wildman–Crippen LogP) is 4.20. The van der Waals surface area contributed by atoms with Crippen molar-refractivity contribution in [3.05, 3.63) is 71.8 Å². The first kappa shape index (κ1) is 18.5. The number of hydrogen-bond donors (Lipinski definition) is 0. The summed E-state index contributed by atoms with van der Waals surface area (Å²) in [6.45, 7) is 3.40. The fourth-order valence-corrected chi connectivity index (χ4v) is 4.46. The van der Waals surface area contributed by atoms with Crippen LogP contribution in [0.1, 0.15) is 36.8 Å². The minimum absolute atomic E-state index is 0.0690. The van der Waals surface area contributed by atoms with Crippen LogP contribution >= 0.6 is 0 Å². The Bertz CT molecular complexity index is 889. The van der Waals surface area contributed by atoms with Crippen LogP contribution in [0.4, 0.5) is 5.69 Å². The number of carbonyl (C=O) groups is 2. The molecule has 2 amide bonds. The first-order chi connectivity index (χ1) is 13.6. The van der Waals surface area contributed by atoms with Crippen LogP contribution in [-0.4, -0.2) is 35.3 Å². The third-order valence-electron chi connectivity index (χ3n) is 5.93. The van der Waals surface area contributed by atoms with E-state index in [1.54, 1.807) is 6.08 Å². The standard InChI is InChI=1S/C24H26N2O2/c1-19-9-12-21(13-10-19)25-17-5-15-24(23(25)28)16-6-18-26(24)22(27)14-11-20-7-3-2-4-8-20/h2-4,7-14H,5-6,15-18H2,1H3. The van der Waals surface area contributed by atoms with Crippen LogP contribution in [0.3, 0.4) is 0 Å². The molecule has 0 aromatic heterocycles. The second-order valence-electron chi connectivity index (χ2n) is 7.76. The normalized spacial score (nSPS) is 22.4. The average molecular weight is 374 g/mol. The number of nitrogens with zero attached hydrogens (tertiary/aromatic N) is 2. The molecular formula is C24H26N2O2. The van der Waals surface area contributed by atoms with Crippen molar-refractivity contribution in [3.63, 3.8) is 0 Å². The van der Waals surface area contributed by atoms with Crippen LogP contribution in [0.15, 0.2) is 60.7 Å². The molecule has 2 aromatic carbocycles. The lowest BCUT2D eigenvalue weighted by molar-refractivity contribution is -0.142. The first-order valence-corrected chi connectivity index (χ1v) is 10.0. The molecule has 4 rings (SSSR count). The van der Waals surface area contributed by atoms with E-state index in [9.17, 15) is 9.59 Å². The minimum Gasteiger partial charge on any atom is -0.324 e. The molecule has 4 heteroatoms. The smallest absolute Gasteiger partial charge is 0.252 e. The molecular weight excluding hydrogens is 348 g/mol. The van der Waals surface area contributed by atoms with E-state index in [2.05, 4.69) is 0 Å². The van der Waals surface area contributed by atoms with Gasteiger partial charge in [0, 0.05) is 24.9 Å². The van der Waals surface area contributed by atoms with E-state index < -0.39 is 5.54 Å². The summed E-state index contributed by atoms with van der Waals surface area (Å²) in [5, 5.41) is 0. The Hall–Kier alpha value is -2.88. The summed E-state index contributed by atoms with van der Waals surface area (Å²) in [5.41, 5.74) is 2.39. The molecule has 2 aliphatic heterocycles. The van der Waals surface area contributed by atoms with Gasteiger partial charge in [0.05, 0.1) is 0 Å². The molecule has 0 N–H and O–H groups in total. The number of piperidine rings is 1. The molecule has 2 aromatic rings. The first-order valence-electron chi connectivity index (χ1n) is 10.0. The molecule has 144 valence electrons. The van der Waals surface area contributed by atoms with Crippen molar-refractivity contribution in [1.29, 1.82) is 0 Å². The molecule has 2 fully saturated rings. The second-order valence-corrected chi connectivity index (χ2v) is 7.76. The number of benzene rings is 2. The van der Waals surface area contributed by atoms with Crippen molar-refractivity contribution >= 4 is 23.6 Å². The lowest BCUT2D eigenvalue weighted by Gasteiger charge is -2.44. The van der Waals surface area contributed by atoms with Gasteiger partial charge in [0.25, 0.3) is 5.91 Å². The summed E-state index contributed by atoms with van der Waals surface area (Å²) in [6, 6.07) is 17.9. The van der Waals surface area contributed by atoms with Gasteiger partial charge in [-0.05, 0) is 56.4 Å². The quantitative estimate of drug-likeness (QED) is 0.756. The molecule has 1 spiro atoms. The van der Waals surface area contributed by atoms with E-state index in [4.69, 9.17) is 0 Å². The van der Waals surface area contributed by atoms with Crippen molar-refractivity contribution < 1.29 is 9.59 Å². The summed E-state index contributed by atoms with van der Waals surface area (Å²) in [5.74, 6) is 0.00187. The largest absolute Gasteiger partial charge is 0.324 e. The third kappa shape index (κ3) is 3.35. The van der Waals surface area contributed by atoms with Crippen LogP contribution < -0.4 is 4.90 Å². The number of aryl methyl sites for hydroxylation is 1. The maximum absolute atomic E-state index is 13.5. The fourth-order valence-electron chi connectivity index (χ4n) is 4.46. The van der Waals surface area contributed by atoms with Crippen molar-refractivity contribution in [2.45, 2.75) is 38.1 Å². The van der Waals surface area contributed by atoms with Gasteiger partial charge in [-0.25, -0.2) is 0 Å². The van der Waals surface area contributed by atoms with Gasteiger partial charge in [-0.15, -0.1) is 0 Å². The predicted molar refractivity (Wildman–Crippen MR) is 112 cm³/mol. The van der Waals surface area contributed by atoms with Gasteiger partial charge in [0.2, 0.25) is 5.91 Å². The van der Waals surface area contributed by atoms with E-state index in [1.165, 1.54) is 5.56 Å². The summed E-state index contributed by atoms with van der Waals surface area (Å²) < 4.78 is 0. The summed E-state index contributed by atoms with van der Waals surface area (Å²) in [7, 11) is 0. The van der Waals surface area contributed by atoms with Crippen molar-refractivity contribution in [1.82, 2.24) is 4.90 Å². The van der Waals surface area contributed by atoms with Crippen LogP contribution in [0.2, 0.25) is 0 Å². The lowest BCUT2D eigenvalue weighted by atomic mass is 9.85. The summed E-state index contributed by atoms with van der Waals surface area (Å²) in [6.07, 6.45) is 6.72. The van der Waals surface area contributed by atoms with Crippen LogP contribution in [0, 0.1) is 6.92 Å². The highest BCUT2D eigenvalue weighted by Gasteiger charge is 2.52. The molecule has 1 unspecified atom stereocenters. The molecule has 0 aliphatic carbocycles. The zero-order valence-corrected chi connectivity index (χ0v) is 16.3. The van der Waals surface area contributed by atoms with Crippen molar-refractivity contribution in [2.24, 2.45) is 0 Å². The van der Waals surface area contributed by atoms with Crippen LogP contribution in [0.25, 0.3) is 6.08 Å². The molecule has 28 heavy (non-hydrogen) atoms. The Morgan fingerprint density at radius 1 is 0.964 bits per heavy atom. The minimum atomic E-state index is -0.693. The Morgan fingerprint density at radius 2 is 1.64 bits per heavy atom. The maximum atomic E-state index is 13.5. The van der Waals surface area contributed by atoms with Gasteiger partial charge in [-0.1, -0.05) is 48.0 Å². The van der Waals surface area contributed by atoms with Crippen LogP contribution in [-0.2, 0) is 9.59 Å². The van der Waals surface area contributed by atoms with E-state index in [-0.39, 0.29) is 11.8 Å². The zero-order chi connectivity index (χ0) is 19.6. The van der Waals surface area contributed by atoms with Gasteiger partial charge < -0.3 is 9.80 Å². The molecule has 4 nitrogen and oxygen atoms in total. The number of likely N-dealkylation sites (tertiary alicyclic amines) is 1. The molecule has 2 heterocycles. The summed E-state index contributed by atoms with van der Waals surface area (Å²) in [4.78, 5) is 30.2. The van der Waals surface area contributed by atoms with Crippen molar-refractivity contribution in [3.8, 4) is 0 Å². The van der Waals surface area contributed by atoms with E-state index in [0.29, 0.717) is 13.1 Å². The number of rotatable bonds is 3. The second kappa shape index (κ2) is 7.63. The highest BCUT2D eigenvalue weighted by atomic mass is 16.2. The monoisotopic (exact) mass is 374 g/mol. The maximum Gasteiger partial charge on any atom is 0.252 e. The van der Waals surface area contributed by atoms with E-state index in [1.807, 2.05) is 77.4 Å². The van der Waals surface area contributed by atoms with Gasteiger partial charge in [-0.2, -0.15) is 0 Å². The van der Waals surface area contributed by atoms with Crippen molar-refractivity contribution in [2.75, 3.05) is 18.0 Å². The highest BCUT2D eigenvalue weighted by molar-refractivity contribution is 6.05. The Labute approximate surface area is 166 Å².